The second kappa shape index (κ2) is 5.02. The van der Waals surface area contributed by atoms with E-state index in [1.54, 1.807) is 24.1 Å². The lowest BCUT2D eigenvalue weighted by Crippen LogP contribution is -2.21. The highest BCUT2D eigenvalue weighted by Crippen LogP contribution is 2.22. The number of aliphatic carboxylic acids is 1. The second-order valence-electron chi connectivity index (χ2n) is 2.75. The average Bonchev–Trinajstić information content (AvgIpc) is 2.50. The predicted molar refractivity (Wildman–Crippen MR) is 52.4 cm³/mol. The third-order valence-electron chi connectivity index (χ3n) is 1.55. The van der Waals surface area contributed by atoms with Crippen LogP contribution in [0, 0.1) is 0 Å². The summed E-state index contributed by atoms with van der Waals surface area (Å²) < 4.78 is 6.45. The van der Waals surface area contributed by atoms with Gasteiger partial charge in [-0.05, 0) is 0 Å². The maximum atomic E-state index is 10.8. The van der Waals surface area contributed by atoms with Crippen LogP contribution in [-0.4, -0.2) is 39.8 Å². The topological polar surface area (TPSA) is 64.4 Å². The molecule has 0 bridgehead atoms. The molecule has 1 N–H and O–H groups in total. The van der Waals surface area contributed by atoms with E-state index in [1.807, 2.05) is 0 Å². The summed E-state index contributed by atoms with van der Waals surface area (Å²) in [6.07, 6.45) is 3.41. The molecule has 6 heteroatoms. The van der Waals surface area contributed by atoms with E-state index < -0.39 is 11.2 Å². The summed E-state index contributed by atoms with van der Waals surface area (Å²) >= 11 is 1.23. The molecule has 1 rings (SSSR count). The van der Waals surface area contributed by atoms with E-state index in [9.17, 15) is 4.79 Å². The van der Waals surface area contributed by atoms with Crippen LogP contribution in [0.5, 0.6) is 0 Å². The van der Waals surface area contributed by atoms with Gasteiger partial charge in [0.25, 0.3) is 0 Å². The molecule has 5 nitrogen and oxygen atoms in total. The Bertz CT molecular complexity index is 313. The van der Waals surface area contributed by atoms with Crippen molar-refractivity contribution < 1.29 is 14.6 Å². The Morgan fingerprint density at radius 1 is 1.86 bits per heavy atom. The number of carbonyl (C=O) groups is 1. The van der Waals surface area contributed by atoms with E-state index in [0.29, 0.717) is 0 Å². The lowest BCUT2D eigenvalue weighted by atomic mass is 10.5. The fourth-order valence-electron chi connectivity index (χ4n) is 0.931. The quantitative estimate of drug-likeness (QED) is 0.731. The van der Waals surface area contributed by atoms with E-state index in [1.165, 1.54) is 18.9 Å². The van der Waals surface area contributed by atoms with Crippen molar-refractivity contribution in [2.45, 2.75) is 10.1 Å². The Morgan fingerprint density at radius 3 is 3.00 bits per heavy atom. The van der Waals surface area contributed by atoms with Gasteiger partial charge in [0.1, 0.15) is 5.25 Å². The molecule has 0 aliphatic carbocycles. The molecule has 1 heterocycles. The summed E-state index contributed by atoms with van der Waals surface area (Å²) in [5.74, 6) is -0.874. The lowest BCUT2D eigenvalue weighted by Gasteiger charge is -2.08. The standard InChI is InChI=1S/C8H12N2O3S/c1-10-4-6(3-9-10)14-7(5-13-2)8(11)12/h3-4,7H,5H2,1-2H3,(H,11,12). The van der Waals surface area contributed by atoms with Gasteiger partial charge in [0.2, 0.25) is 0 Å². The SMILES string of the molecule is COCC(Sc1cnn(C)c1)C(=O)O. The maximum Gasteiger partial charge on any atom is 0.319 e. The van der Waals surface area contributed by atoms with Gasteiger partial charge in [-0.3, -0.25) is 9.48 Å². The Labute approximate surface area is 86.1 Å². The molecule has 1 aromatic heterocycles. The van der Waals surface area contributed by atoms with Gasteiger partial charge in [0.05, 0.1) is 12.8 Å². The number of nitrogens with zero attached hydrogens (tertiary/aromatic N) is 2. The Hall–Kier alpha value is -1.01. The van der Waals surface area contributed by atoms with Crippen LogP contribution in [0.4, 0.5) is 0 Å². The molecule has 0 aliphatic heterocycles. The molecule has 1 aromatic rings. The monoisotopic (exact) mass is 216 g/mol. The first-order chi connectivity index (χ1) is 6.63. The molecule has 14 heavy (non-hydrogen) atoms. The van der Waals surface area contributed by atoms with Gasteiger partial charge < -0.3 is 9.84 Å². The Morgan fingerprint density at radius 2 is 2.57 bits per heavy atom. The molecule has 0 aliphatic rings. The fourth-order valence-corrected chi connectivity index (χ4v) is 1.89. The second-order valence-corrected chi connectivity index (χ2v) is 4.03. The molecule has 0 fully saturated rings. The van der Waals surface area contributed by atoms with Crippen molar-refractivity contribution >= 4 is 17.7 Å². The van der Waals surface area contributed by atoms with Gasteiger partial charge in [-0.2, -0.15) is 5.10 Å². The number of carboxylic acid groups (broad SMARTS) is 1. The first-order valence-corrected chi connectivity index (χ1v) is 4.88. The third-order valence-corrected chi connectivity index (χ3v) is 2.66. The van der Waals surface area contributed by atoms with Crippen molar-refractivity contribution in [3.8, 4) is 0 Å². The Balaban J connectivity index is 2.59. The molecule has 1 atom stereocenters. The first-order valence-electron chi connectivity index (χ1n) is 4.00. The number of aromatic nitrogens is 2. The zero-order chi connectivity index (χ0) is 10.6. The van der Waals surface area contributed by atoms with Crippen molar-refractivity contribution in [1.82, 2.24) is 9.78 Å². The third kappa shape index (κ3) is 3.04. The summed E-state index contributed by atoms with van der Waals surface area (Å²) in [7, 11) is 3.27. The van der Waals surface area contributed by atoms with E-state index in [4.69, 9.17) is 9.84 Å². The van der Waals surface area contributed by atoms with E-state index >= 15 is 0 Å². The number of carboxylic acids is 1. The molecule has 0 saturated heterocycles. The number of thioether (sulfide) groups is 1. The highest BCUT2D eigenvalue weighted by atomic mass is 32.2. The van der Waals surface area contributed by atoms with Crippen LogP contribution in [0.1, 0.15) is 0 Å². The molecule has 0 aromatic carbocycles. The molecular weight excluding hydrogens is 204 g/mol. The number of hydrogen-bond acceptors (Lipinski definition) is 4. The number of aryl methyl sites for hydroxylation is 1. The lowest BCUT2D eigenvalue weighted by molar-refractivity contribution is -0.137. The minimum atomic E-state index is -0.874. The normalized spacial score (nSPS) is 12.7. The zero-order valence-corrected chi connectivity index (χ0v) is 8.82. The molecule has 0 amide bonds. The summed E-state index contributed by atoms with van der Waals surface area (Å²) in [5, 5.41) is 12.2. The van der Waals surface area contributed by atoms with Crippen LogP contribution >= 0.6 is 11.8 Å². The molecule has 0 saturated carbocycles. The van der Waals surface area contributed by atoms with Crippen molar-refractivity contribution in [2.24, 2.45) is 7.05 Å². The van der Waals surface area contributed by atoms with E-state index in [2.05, 4.69) is 5.10 Å². The van der Waals surface area contributed by atoms with Crippen LogP contribution in [0.2, 0.25) is 0 Å². The van der Waals surface area contributed by atoms with Crippen molar-refractivity contribution in [3.05, 3.63) is 12.4 Å². The van der Waals surface area contributed by atoms with Gasteiger partial charge >= 0.3 is 5.97 Å². The van der Waals surface area contributed by atoms with Crippen molar-refractivity contribution in [3.63, 3.8) is 0 Å². The highest BCUT2D eigenvalue weighted by molar-refractivity contribution is 8.00. The molecular formula is C8H12N2O3S. The van der Waals surface area contributed by atoms with E-state index in [0.717, 1.165) is 4.90 Å². The smallest absolute Gasteiger partial charge is 0.319 e. The first kappa shape index (κ1) is 11.1. The molecule has 0 radical (unpaired) electrons. The summed E-state index contributed by atoms with van der Waals surface area (Å²) in [4.78, 5) is 11.6. The van der Waals surface area contributed by atoms with Crippen LogP contribution in [0.25, 0.3) is 0 Å². The number of methoxy groups -OCH3 is 1. The van der Waals surface area contributed by atoms with Gasteiger partial charge in [-0.15, -0.1) is 11.8 Å². The van der Waals surface area contributed by atoms with Gasteiger partial charge in [-0.25, -0.2) is 0 Å². The van der Waals surface area contributed by atoms with Crippen LogP contribution < -0.4 is 0 Å². The number of hydrogen-bond donors (Lipinski definition) is 1. The summed E-state index contributed by atoms with van der Waals surface area (Å²) in [6.45, 7) is 0.189. The number of ether oxygens (including phenoxy) is 1. The molecule has 0 spiro atoms. The van der Waals surface area contributed by atoms with Crippen LogP contribution in [-0.2, 0) is 16.6 Å². The van der Waals surface area contributed by atoms with E-state index in [-0.39, 0.29) is 6.61 Å². The molecule has 78 valence electrons. The fraction of sp³-hybridized carbons (Fsp3) is 0.500. The minimum Gasteiger partial charge on any atom is -0.480 e. The van der Waals surface area contributed by atoms with Crippen LogP contribution in [0.15, 0.2) is 17.3 Å². The predicted octanol–water partition coefficient (Wildman–Crippen LogP) is 0.612. The van der Waals surface area contributed by atoms with Crippen LogP contribution in [0.3, 0.4) is 0 Å². The van der Waals surface area contributed by atoms with Gasteiger partial charge in [0, 0.05) is 25.2 Å². The molecule has 1 unspecified atom stereocenters. The summed E-state index contributed by atoms with van der Waals surface area (Å²) in [5.41, 5.74) is 0. The average molecular weight is 216 g/mol. The van der Waals surface area contributed by atoms with Crippen molar-refractivity contribution in [1.29, 1.82) is 0 Å². The van der Waals surface area contributed by atoms with Gasteiger partial charge in [0.15, 0.2) is 0 Å². The minimum absolute atomic E-state index is 0.189. The maximum absolute atomic E-state index is 10.8. The Kier molecular flexibility index (Phi) is 3.97. The number of rotatable bonds is 5. The highest BCUT2D eigenvalue weighted by Gasteiger charge is 2.19. The zero-order valence-electron chi connectivity index (χ0n) is 8.01. The van der Waals surface area contributed by atoms with Crippen molar-refractivity contribution in [2.75, 3.05) is 13.7 Å². The largest absolute Gasteiger partial charge is 0.480 e. The summed E-state index contributed by atoms with van der Waals surface area (Å²) in [6, 6.07) is 0. The van der Waals surface area contributed by atoms with Gasteiger partial charge in [-0.1, -0.05) is 0 Å².